The van der Waals surface area contributed by atoms with Gasteiger partial charge in [-0.15, -0.1) is 0 Å². The van der Waals surface area contributed by atoms with Crippen LogP contribution in [0.25, 0.3) is 11.0 Å². The van der Waals surface area contributed by atoms with Crippen molar-refractivity contribution >= 4 is 23.0 Å². The van der Waals surface area contributed by atoms with E-state index in [2.05, 4.69) is 40.5 Å². The summed E-state index contributed by atoms with van der Waals surface area (Å²) in [6.07, 6.45) is 4.83. The maximum Gasteiger partial charge on any atom is 0.206 e. The second-order valence-corrected chi connectivity index (χ2v) is 5.39. The summed E-state index contributed by atoms with van der Waals surface area (Å²) >= 11 is 0. The molecular formula is C18H16N2O2. The van der Waals surface area contributed by atoms with Crippen molar-refractivity contribution in [1.82, 2.24) is 5.16 Å². The van der Waals surface area contributed by atoms with Gasteiger partial charge in [0.1, 0.15) is 17.7 Å². The lowest BCUT2D eigenvalue weighted by molar-refractivity contribution is 0.380. The number of ether oxygens (including phenoxy) is 1. The Morgan fingerprint density at radius 3 is 2.82 bits per heavy atom. The van der Waals surface area contributed by atoms with Crippen LogP contribution in [0.1, 0.15) is 17.5 Å². The molecule has 0 unspecified atom stereocenters. The summed E-state index contributed by atoms with van der Waals surface area (Å²) < 4.78 is 11.2. The Morgan fingerprint density at radius 2 is 1.91 bits per heavy atom. The Morgan fingerprint density at radius 1 is 1.00 bits per heavy atom. The van der Waals surface area contributed by atoms with Crippen LogP contribution in [0.2, 0.25) is 0 Å². The molecule has 0 aliphatic carbocycles. The molecule has 0 fully saturated rings. The molecule has 0 atom stereocenters. The van der Waals surface area contributed by atoms with Crippen molar-refractivity contribution in [2.45, 2.75) is 19.3 Å². The summed E-state index contributed by atoms with van der Waals surface area (Å²) in [6.45, 7) is 0.473. The molecular weight excluding hydrogens is 276 g/mol. The molecule has 0 amide bonds. The van der Waals surface area contributed by atoms with Crippen LogP contribution >= 0.6 is 0 Å². The van der Waals surface area contributed by atoms with Gasteiger partial charge in [-0.05, 0) is 36.5 Å². The molecule has 4 nitrogen and oxygen atoms in total. The van der Waals surface area contributed by atoms with E-state index in [9.17, 15) is 0 Å². The zero-order valence-electron chi connectivity index (χ0n) is 12.2. The molecule has 1 aromatic heterocycles. The Hall–Kier alpha value is -2.62. The van der Waals surface area contributed by atoms with E-state index < -0.39 is 0 Å². The highest BCUT2D eigenvalue weighted by Gasteiger charge is 2.18. The van der Waals surface area contributed by atoms with Crippen LogP contribution in [0.15, 0.2) is 52.0 Å². The summed E-state index contributed by atoms with van der Waals surface area (Å²) in [5.74, 6) is 1.49. The molecule has 0 spiro atoms. The van der Waals surface area contributed by atoms with Crippen molar-refractivity contribution in [2.24, 2.45) is 4.99 Å². The van der Waals surface area contributed by atoms with E-state index in [4.69, 9.17) is 9.26 Å². The molecule has 2 heterocycles. The standard InChI is InChI=1S/C18H16N2O2/c1-2-5-13(6-3-1)7-4-8-14-9-10-15-16-17(14)21-12-11-19-18(16)20-22-15/h1-3,5-6,9-11H,4,7-8,12H2. The predicted octanol–water partition coefficient (Wildman–Crippen LogP) is 4.10. The lowest BCUT2D eigenvalue weighted by Gasteiger charge is -2.10. The SMILES string of the molecule is C1=Nc2noc3ccc(CCCc4ccccc4)c(c23)OC1. The predicted molar refractivity (Wildman–Crippen MR) is 86.1 cm³/mol. The fourth-order valence-electron chi connectivity index (χ4n) is 2.86. The number of aromatic nitrogens is 1. The number of rotatable bonds is 4. The molecule has 110 valence electrons. The van der Waals surface area contributed by atoms with E-state index in [0.29, 0.717) is 12.4 Å². The van der Waals surface area contributed by atoms with Crippen LogP contribution in [0.5, 0.6) is 5.75 Å². The molecule has 3 aromatic rings. The average Bonchev–Trinajstić information content (AvgIpc) is 2.84. The zero-order valence-corrected chi connectivity index (χ0v) is 12.2. The van der Waals surface area contributed by atoms with Gasteiger partial charge in [0.2, 0.25) is 5.82 Å². The highest BCUT2D eigenvalue weighted by Crippen LogP contribution is 2.38. The number of benzene rings is 2. The molecule has 0 bridgehead atoms. The first-order chi connectivity index (χ1) is 10.9. The summed E-state index contributed by atoms with van der Waals surface area (Å²) in [5.41, 5.74) is 3.29. The van der Waals surface area contributed by atoms with Crippen molar-refractivity contribution in [3.8, 4) is 5.75 Å². The van der Waals surface area contributed by atoms with Crippen molar-refractivity contribution < 1.29 is 9.26 Å². The number of aryl methyl sites for hydroxylation is 2. The molecule has 0 radical (unpaired) electrons. The van der Waals surface area contributed by atoms with E-state index in [-0.39, 0.29) is 0 Å². The fourth-order valence-corrected chi connectivity index (χ4v) is 2.86. The van der Waals surface area contributed by atoms with Crippen molar-refractivity contribution in [3.05, 3.63) is 53.6 Å². The first-order valence-corrected chi connectivity index (χ1v) is 7.52. The second-order valence-electron chi connectivity index (χ2n) is 5.39. The van der Waals surface area contributed by atoms with Crippen molar-refractivity contribution in [2.75, 3.05) is 6.61 Å². The van der Waals surface area contributed by atoms with E-state index in [0.717, 1.165) is 36.0 Å². The first-order valence-electron chi connectivity index (χ1n) is 7.52. The van der Waals surface area contributed by atoms with Gasteiger partial charge in [0.25, 0.3) is 0 Å². The third-order valence-corrected chi connectivity index (χ3v) is 3.93. The second kappa shape index (κ2) is 5.64. The molecule has 1 aliphatic rings. The lowest BCUT2D eigenvalue weighted by Crippen LogP contribution is -2.00. The Kier molecular flexibility index (Phi) is 3.35. The normalized spacial score (nSPS) is 13.1. The van der Waals surface area contributed by atoms with E-state index in [1.165, 1.54) is 11.1 Å². The number of nitrogens with zero attached hydrogens (tertiary/aromatic N) is 2. The highest BCUT2D eigenvalue weighted by molar-refractivity contribution is 5.95. The molecule has 4 rings (SSSR count). The van der Waals surface area contributed by atoms with E-state index >= 15 is 0 Å². The highest BCUT2D eigenvalue weighted by atomic mass is 16.5. The first kappa shape index (κ1) is 13.1. The minimum absolute atomic E-state index is 0.473. The average molecular weight is 292 g/mol. The van der Waals surface area contributed by atoms with Crippen LogP contribution in [-0.4, -0.2) is 18.0 Å². The smallest absolute Gasteiger partial charge is 0.206 e. The molecule has 4 heteroatoms. The van der Waals surface area contributed by atoms with Gasteiger partial charge in [-0.3, -0.25) is 0 Å². The maximum absolute atomic E-state index is 5.86. The van der Waals surface area contributed by atoms with Gasteiger partial charge in [-0.25, -0.2) is 4.99 Å². The van der Waals surface area contributed by atoms with Crippen molar-refractivity contribution in [1.29, 1.82) is 0 Å². The minimum atomic E-state index is 0.473. The number of hydrogen-bond acceptors (Lipinski definition) is 4. The van der Waals surface area contributed by atoms with Gasteiger partial charge in [0.15, 0.2) is 5.58 Å². The maximum atomic E-state index is 5.86. The quantitative estimate of drug-likeness (QED) is 0.727. The Bertz CT molecular complexity index is 822. The largest absolute Gasteiger partial charge is 0.487 e. The van der Waals surface area contributed by atoms with Crippen LogP contribution in [0.4, 0.5) is 5.82 Å². The van der Waals surface area contributed by atoms with Crippen molar-refractivity contribution in [3.63, 3.8) is 0 Å². The van der Waals surface area contributed by atoms with Crippen LogP contribution in [0.3, 0.4) is 0 Å². The van der Waals surface area contributed by atoms with Gasteiger partial charge >= 0.3 is 0 Å². The molecule has 22 heavy (non-hydrogen) atoms. The number of aliphatic imine (C=N–C) groups is 1. The van der Waals surface area contributed by atoms with E-state index in [1.54, 1.807) is 6.21 Å². The Labute approximate surface area is 128 Å². The summed E-state index contributed by atoms with van der Waals surface area (Å²) in [7, 11) is 0. The summed E-state index contributed by atoms with van der Waals surface area (Å²) in [4.78, 5) is 4.28. The van der Waals surface area contributed by atoms with Gasteiger partial charge in [-0.1, -0.05) is 41.6 Å². The fraction of sp³-hybridized carbons (Fsp3) is 0.222. The molecule has 0 saturated carbocycles. The van der Waals surface area contributed by atoms with Gasteiger partial charge in [0.05, 0.1) is 0 Å². The monoisotopic (exact) mass is 292 g/mol. The molecule has 2 aromatic carbocycles. The van der Waals surface area contributed by atoms with Crippen LogP contribution in [0, 0.1) is 0 Å². The lowest BCUT2D eigenvalue weighted by atomic mass is 10.0. The summed E-state index contributed by atoms with van der Waals surface area (Å²) in [5, 5.41) is 4.90. The van der Waals surface area contributed by atoms with Crippen LogP contribution < -0.4 is 4.74 Å². The van der Waals surface area contributed by atoms with Gasteiger partial charge in [0, 0.05) is 6.21 Å². The Balaban J connectivity index is 1.58. The number of hydrogen-bond donors (Lipinski definition) is 0. The third-order valence-electron chi connectivity index (χ3n) is 3.93. The third kappa shape index (κ3) is 2.37. The minimum Gasteiger partial charge on any atom is -0.487 e. The van der Waals surface area contributed by atoms with Crippen LogP contribution in [-0.2, 0) is 12.8 Å². The van der Waals surface area contributed by atoms with Gasteiger partial charge in [-0.2, -0.15) is 0 Å². The van der Waals surface area contributed by atoms with Gasteiger partial charge < -0.3 is 9.26 Å². The zero-order chi connectivity index (χ0) is 14.8. The molecule has 0 saturated heterocycles. The topological polar surface area (TPSA) is 47.6 Å². The van der Waals surface area contributed by atoms with E-state index in [1.807, 2.05) is 12.1 Å². The molecule has 0 N–H and O–H groups in total. The summed E-state index contributed by atoms with van der Waals surface area (Å²) in [6, 6.07) is 14.6. The molecule has 1 aliphatic heterocycles.